The van der Waals surface area contributed by atoms with Crippen LogP contribution in [0.4, 0.5) is 17.6 Å². The molecule has 7 nitrogen and oxygen atoms in total. The first-order valence-electron chi connectivity index (χ1n) is 10.5. The van der Waals surface area contributed by atoms with Crippen molar-refractivity contribution in [3.05, 3.63) is 75.5 Å². The predicted octanol–water partition coefficient (Wildman–Crippen LogP) is 7.56. The molecule has 3 aromatic rings. The SMILES string of the molecule is CC(=O)Oc1c(Br)cc2c(c1Br)Oc1c(cc(Br)c(OC(C)=O)c1Br)C21OC(O)c2c(F)c(F)c(F)c(F)c21. The zero-order valence-electron chi connectivity index (χ0n) is 19.2. The summed E-state index contributed by atoms with van der Waals surface area (Å²) in [6.07, 6.45) is -2.26. The lowest BCUT2D eigenvalue weighted by atomic mass is 9.77. The monoisotopic (exact) mass is 802 g/mol. The lowest BCUT2D eigenvalue weighted by molar-refractivity contribution is -0.144. The minimum absolute atomic E-state index is 0.0223. The van der Waals surface area contributed by atoms with Gasteiger partial charge in [0.05, 0.1) is 14.5 Å². The molecule has 0 fully saturated rings. The molecule has 1 unspecified atom stereocenters. The molecule has 0 aromatic heterocycles. The molecule has 3 aromatic carbocycles. The van der Waals surface area contributed by atoms with Gasteiger partial charge in [0.2, 0.25) is 0 Å². The smallest absolute Gasteiger partial charge is 0.308 e. The van der Waals surface area contributed by atoms with Crippen LogP contribution in [0.2, 0.25) is 0 Å². The second-order valence-electron chi connectivity index (χ2n) is 8.24. The van der Waals surface area contributed by atoms with Gasteiger partial charge in [-0.25, -0.2) is 17.6 Å². The third-order valence-corrected chi connectivity index (χ3v) is 8.53. The number of hydrogen-bond donors (Lipinski definition) is 1. The Balaban J connectivity index is 1.98. The van der Waals surface area contributed by atoms with Crippen molar-refractivity contribution in [3.63, 3.8) is 0 Å². The van der Waals surface area contributed by atoms with Gasteiger partial charge in [0.15, 0.2) is 58.2 Å². The van der Waals surface area contributed by atoms with Gasteiger partial charge in [-0.3, -0.25) is 9.59 Å². The third kappa shape index (κ3) is 4.07. The molecule has 2 heterocycles. The number of fused-ring (bicyclic) bond motifs is 6. The van der Waals surface area contributed by atoms with Gasteiger partial charge in [-0.2, -0.15) is 0 Å². The molecule has 0 bridgehead atoms. The molecular weight excluding hydrogens is 796 g/mol. The number of esters is 2. The topological polar surface area (TPSA) is 91.3 Å². The van der Waals surface area contributed by atoms with Crippen molar-refractivity contribution < 1.29 is 51.2 Å². The Kier molecular flexibility index (Phi) is 7.16. The summed E-state index contributed by atoms with van der Waals surface area (Å²) in [4.78, 5) is 23.5. The van der Waals surface area contributed by atoms with E-state index in [4.69, 9.17) is 18.9 Å². The molecule has 2 aliphatic rings. The number of aliphatic hydroxyl groups is 1. The van der Waals surface area contributed by atoms with Crippen LogP contribution in [0.1, 0.15) is 42.4 Å². The largest absolute Gasteiger partial charge is 0.454 e. The van der Waals surface area contributed by atoms with Crippen molar-refractivity contribution >= 4 is 75.7 Å². The summed E-state index contributed by atoms with van der Waals surface area (Å²) in [6.45, 7) is 2.27. The summed E-state index contributed by atoms with van der Waals surface area (Å²) < 4.78 is 82.1. The maximum atomic E-state index is 15.6. The minimum atomic E-state index is -2.36. The maximum absolute atomic E-state index is 15.6. The Morgan fingerprint density at radius 1 is 0.821 bits per heavy atom. The van der Waals surface area contributed by atoms with E-state index in [2.05, 4.69) is 63.7 Å². The van der Waals surface area contributed by atoms with Gasteiger partial charge in [0, 0.05) is 30.5 Å². The van der Waals surface area contributed by atoms with Crippen LogP contribution in [0.5, 0.6) is 23.0 Å². The first-order valence-corrected chi connectivity index (χ1v) is 13.7. The second-order valence-corrected chi connectivity index (χ2v) is 11.5. The van der Waals surface area contributed by atoms with Crippen molar-refractivity contribution in [1.29, 1.82) is 0 Å². The van der Waals surface area contributed by atoms with Gasteiger partial charge in [-0.1, -0.05) is 0 Å². The number of carbonyl (C=O) groups is 2. The molecule has 0 amide bonds. The Hall–Kier alpha value is -2.04. The number of aliphatic hydroxyl groups excluding tert-OH is 1. The van der Waals surface area contributed by atoms with Gasteiger partial charge in [0.1, 0.15) is 8.95 Å². The summed E-state index contributed by atoms with van der Waals surface area (Å²) in [5.74, 6) is -9.93. The number of ether oxygens (including phenoxy) is 4. The van der Waals surface area contributed by atoms with Crippen molar-refractivity contribution in [2.24, 2.45) is 0 Å². The lowest BCUT2D eigenvalue weighted by Crippen LogP contribution is -2.34. The van der Waals surface area contributed by atoms with Crippen LogP contribution < -0.4 is 14.2 Å². The molecule has 0 aliphatic carbocycles. The summed E-state index contributed by atoms with van der Waals surface area (Å²) in [7, 11) is 0. The summed E-state index contributed by atoms with van der Waals surface area (Å²) in [5.41, 5.74) is -4.44. The van der Waals surface area contributed by atoms with Crippen LogP contribution in [-0.4, -0.2) is 17.0 Å². The molecule has 39 heavy (non-hydrogen) atoms. The van der Waals surface area contributed by atoms with E-state index in [-0.39, 0.29) is 52.0 Å². The number of carbonyl (C=O) groups excluding carboxylic acids is 2. The summed E-state index contributed by atoms with van der Waals surface area (Å²) in [5, 5.41) is 10.8. The molecule has 15 heteroatoms. The number of hydrogen-bond acceptors (Lipinski definition) is 7. The first-order chi connectivity index (χ1) is 18.2. The van der Waals surface area contributed by atoms with E-state index in [0.717, 1.165) is 13.8 Å². The molecular formula is C24H10Br4F4O7. The highest BCUT2D eigenvalue weighted by Crippen LogP contribution is 2.65. The van der Waals surface area contributed by atoms with Crippen LogP contribution in [0.3, 0.4) is 0 Å². The Labute approximate surface area is 249 Å². The number of benzene rings is 3. The number of halogens is 8. The fraction of sp³-hybridized carbons (Fsp3) is 0.167. The van der Waals surface area contributed by atoms with E-state index in [1.807, 2.05) is 0 Å². The van der Waals surface area contributed by atoms with Crippen molar-refractivity contribution in [2.45, 2.75) is 25.7 Å². The molecule has 5 rings (SSSR count). The van der Waals surface area contributed by atoms with E-state index in [9.17, 15) is 23.5 Å². The van der Waals surface area contributed by atoms with Crippen molar-refractivity contribution in [1.82, 2.24) is 0 Å². The maximum Gasteiger partial charge on any atom is 0.308 e. The Morgan fingerprint density at radius 2 is 1.26 bits per heavy atom. The third-order valence-electron chi connectivity index (χ3n) is 5.91. The molecule has 0 radical (unpaired) electrons. The van der Waals surface area contributed by atoms with Crippen molar-refractivity contribution in [3.8, 4) is 23.0 Å². The van der Waals surface area contributed by atoms with Crippen LogP contribution >= 0.6 is 63.7 Å². The zero-order chi connectivity index (χ0) is 28.7. The number of rotatable bonds is 2. The van der Waals surface area contributed by atoms with E-state index >= 15 is 8.78 Å². The standard InChI is InChI=1S/C24H10Br4F4O7/c1-5(33)36-21-9(25)3-7-19(13(21)27)38-20-8(4-10(26)22(14(20)28)37-6(2)34)24(7)12-11(23(35)39-24)15(29)17(31)18(32)16(12)30/h3-4,23,35H,1-2H3. The van der Waals surface area contributed by atoms with E-state index in [1.54, 1.807) is 0 Å². The van der Waals surface area contributed by atoms with Gasteiger partial charge in [-0.05, 0) is 75.9 Å². The zero-order valence-corrected chi connectivity index (χ0v) is 25.5. The normalized spacial score (nSPS) is 16.3. The molecule has 204 valence electrons. The van der Waals surface area contributed by atoms with E-state index < -0.39 is 58.2 Å². The molecule has 2 aliphatic heterocycles. The van der Waals surface area contributed by atoms with Gasteiger partial charge in [-0.15, -0.1) is 0 Å². The van der Waals surface area contributed by atoms with E-state index in [1.165, 1.54) is 12.1 Å². The molecule has 1 atom stereocenters. The van der Waals surface area contributed by atoms with Gasteiger partial charge >= 0.3 is 11.9 Å². The molecule has 0 saturated carbocycles. The summed E-state index contributed by atoms with van der Waals surface area (Å²) >= 11 is 13.1. The summed E-state index contributed by atoms with van der Waals surface area (Å²) in [6, 6.07) is 2.53. The highest BCUT2D eigenvalue weighted by molar-refractivity contribution is 9.11. The van der Waals surface area contributed by atoms with Crippen molar-refractivity contribution in [2.75, 3.05) is 0 Å². The van der Waals surface area contributed by atoms with Crippen LogP contribution in [0.25, 0.3) is 0 Å². The van der Waals surface area contributed by atoms with E-state index in [0.29, 0.717) is 0 Å². The fourth-order valence-corrected chi connectivity index (χ4v) is 7.25. The minimum Gasteiger partial charge on any atom is -0.454 e. The molecule has 0 saturated heterocycles. The Bertz CT molecular complexity index is 1570. The second kappa shape index (κ2) is 9.80. The van der Waals surface area contributed by atoms with Gasteiger partial charge in [0.25, 0.3) is 0 Å². The Morgan fingerprint density at radius 3 is 1.69 bits per heavy atom. The molecule has 1 N–H and O–H groups in total. The predicted molar refractivity (Wildman–Crippen MR) is 139 cm³/mol. The van der Waals surface area contributed by atoms with Crippen LogP contribution in [0, 0.1) is 23.3 Å². The fourth-order valence-electron chi connectivity index (χ4n) is 4.52. The average molecular weight is 806 g/mol. The average Bonchev–Trinajstić information content (AvgIpc) is 3.16. The lowest BCUT2D eigenvalue weighted by Gasteiger charge is -2.39. The highest BCUT2D eigenvalue weighted by Gasteiger charge is 2.58. The quantitative estimate of drug-likeness (QED) is 0.0941. The van der Waals surface area contributed by atoms with Gasteiger partial charge < -0.3 is 24.1 Å². The first kappa shape index (κ1) is 28.5. The van der Waals surface area contributed by atoms with Crippen LogP contribution in [-0.2, 0) is 19.9 Å². The van der Waals surface area contributed by atoms with Crippen LogP contribution in [0.15, 0.2) is 30.0 Å². The highest BCUT2D eigenvalue weighted by atomic mass is 79.9. The molecule has 1 spiro atoms.